The van der Waals surface area contributed by atoms with Gasteiger partial charge in [-0.05, 0) is 12.1 Å². The van der Waals surface area contributed by atoms with Crippen LogP contribution in [0.25, 0.3) is 0 Å². The minimum absolute atomic E-state index is 0.0935. The van der Waals surface area contributed by atoms with E-state index in [0.29, 0.717) is 0 Å². The summed E-state index contributed by atoms with van der Waals surface area (Å²) in [5.74, 6) is -3.80. The molecule has 0 unspecified atom stereocenters. The molecule has 1 rings (SSSR count). The Morgan fingerprint density at radius 1 is 1.22 bits per heavy atom. The summed E-state index contributed by atoms with van der Waals surface area (Å²) in [6, 6.07) is 1.87. The fraction of sp³-hybridized carbons (Fsp3) is 0.182. The number of esters is 1. The molecule has 0 radical (unpaired) electrons. The maximum Gasteiger partial charge on any atom is 0.374 e. The third kappa shape index (κ3) is 3.27. The highest BCUT2D eigenvalue weighted by Gasteiger charge is 2.22. The van der Waals surface area contributed by atoms with Crippen LogP contribution in [0.5, 0.6) is 0 Å². The second-order valence-corrected chi connectivity index (χ2v) is 4.08. The van der Waals surface area contributed by atoms with Crippen molar-refractivity contribution in [2.75, 3.05) is 7.11 Å². The fourth-order valence-electron chi connectivity index (χ4n) is 1.16. The van der Waals surface area contributed by atoms with Gasteiger partial charge in [0.15, 0.2) is 5.78 Å². The summed E-state index contributed by atoms with van der Waals surface area (Å²) < 4.78 is 17.3. The van der Waals surface area contributed by atoms with Gasteiger partial charge in [-0.3, -0.25) is 9.59 Å². The van der Waals surface area contributed by atoms with Crippen LogP contribution in [0.4, 0.5) is 4.39 Å². The Morgan fingerprint density at radius 3 is 2.39 bits per heavy atom. The smallest absolute Gasteiger partial charge is 0.374 e. The van der Waals surface area contributed by atoms with Crippen molar-refractivity contribution in [3.05, 3.63) is 33.6 Å². The normalized spacial score (nSPS) is 10.0. The molecule has 1 aromatic carbocycles. The van der Waals surface area contributed by atoms with Crippen molar-refractivity contribution in [2.45, 2.75) is 6.42 Å². The Morgan fingerprint density at radius 2 is 1.83 bits per heavy atom. The molecule has 0 saturated carbocycles. The van der Waals surface area contributed by atoms with E-state index < -0.39 is 29.8 Å². The number of ether oxygens (including phenoxy) is 1. The van der Waals surface area contributed by atoms with Crippen LogP contribution in [-0.4, -0.2) is 24.6 Å². The van der Waals surface area contributed by atoms with Gasteiger partial charge in [0.05, 0.1) is 23.6 Å². The number of halogens is 3. The van der Waals surface area contributed by atoms with Gasteiger partial charge in [0.25, 0.3) is 0 Å². The molecule has 0 aliphatic carbocycles. The van der Waals surface area contributed by atoms with Crippen LogP contribution in [-0.2, 0) is 14.3 Å². The zero-order valence-corrected chi connectivity index (χ0v) is 10.6. The van der Waals surface area contributed by atoms with Gasteiger partial charge in [-0.1, -0.05) is 23.2 Å². The number of carbonyl (C=O) groups excluding carboxylic acids is 3. The van der Waals surface area contributed by atoms with E-state index in [1.54, 1.807) is 0 Å². The first kappa shape index (κ1) is 14.6. The summed E-state index contributed by atoms with van der Waals surface area (Å²) in [6.45, 7) is 0. The largest absolute Gasteiger partial charge is 0.463 e. The van der Waals surface area contributed by atoms with Gasteiger partial charge < -0.3 is 4.74 Å². The molecule has 18 heavy (non-hydrogen) atoms. The lowest BCUT2D eigenvalue weighted by Crippen LogP contribution is -2.19. The Balaban J connectivity index is 2.95. The topological polar surface area (TPSA) is 60.4 Å². The van der Waals surface area contributed by atoms with E-state index in [2.05, 4.69) is 4.74 Å². The lowest BCUT2D eigenvalue weighted by molar-refractivity contribution is -0.151. The van der Waals surface area contributed by atoms with Crippen LogP contribution in [0, 0.1) is 5.82 Å². The second kappa shape index (κ2) is 5.93. The zero-order valence-electron chi connectivity index (χ0n) is 9.13. The average Bonchev–Trinajstić information content (AvgIpc) is 2.32. The number of benzene rings is 1. The average molecular weight is 293 g/mol. The van der Waals surface area contributed by atoms with E-state index in [1.807, 2.05) is 0 Å². The number of methoxy groups -OCH3 is 1. The molecule has 7 heteroatoms. The van der Waals surface area contributed by atoms with Crippen LogP contribution in [0.15, 0.2) is 12.1 Å². The first-order valence-corrected chi connectivity index (χ1v) is 5.41. The Hall–Kier alpha value is -1.46. The van der Waals surface area contributed by atoms with Crippen molar-refractivity contribution in [2.24, 2.45) is 0 Å². The van der Waals surface area contributed by atoms with Crippen LogP contribution in [0.2, 0.25) is 10.0 Å². The van der Waals surface area contributed by atoms with E-state index in [0.717, 1.165) is 19.2 Å². The van der Waals surface area contributed by atoms with Crippen molar-refractivity contribution < 1.29 is 23.5 Å². The quantitative estimate of drug-likeness (QED) is 0.281. The third-order valence-electron chi connectivity index (χ3n) is 2.04. The van der Waals surface area contributed by atoms with E-state index >= 15 is 0 Å². The van der Waals surface area contributed by atoms with Gasteiger partial charge in [-0.25, -0.2) is 9.18 Å². The van der Waals surface area contributed by atoms with Gasteiger partial charge in [-0.15, -0.1) is 0 Å². The van der Waals surface area contributed by atoms with Crippen LogP contribution in [0.1, 0.15) is 16.8 Å². The summed E-state index contributed by atoms with van der Waals surface area (Å²) in [5.41, 5.74) is -0.212. The number of rotatable bonds is 4. The second-order valence-electron chi connectivity index (χ2n) is 3.26. The Bertz CT molecular complexity index is 528. The van der Waals surface area contributed by atoms with Crippen molar-refractivity contribution in [1.29, 1.82) is 0 Å². The zero-order chi connectivity index (χ0) is 13.9. The van der Waals surface area contributed by atoms with E-state index in [-0.39, 0.29) is 15.6 Å². The van der Waals surface area contributed by atoms with Crippen molar-refractivity contribution in [1.82, 2.24) is 0 Å². The first-order chi connectivity index (χ1) is 8.36. The minimum Gasteiger partial charge on any atom is -0.463 e. The van der Waals surface area contributed by atoms with Gasteiger partial charge in [0.2, 0.25) is 5.78 Å². The number of ketones is 2. The predicted molar refractivity (Wildman–Crippen MR) is 62.4 cm³/mol. The highest BCUT2D eigenvalue weighted by molar-refractivity contribution is 6.40. The van der Waals surface area contributed by atoms with Crippen LogP contribution >= 0.6 is 23.2 Å². The highest BCUT2D eigenvalue weighted by atomic mass is 35.5. The van der Waals surface area contributed by atoms with Gasteiger partial charge >= 0.3 is 5.97 Å². The molecule has 0 amide bonds. The van der Waals surface area contributed by atoms with Crippen LogP contribution in [0.3, 0.4) is 0 Å². The monoisotopic (exact) mass is 292 g/mol. The SMILES string of the molecule is COC(=O)C(=O)CC(=O)c1cc(F)c(Cl)cc1Cl. The van der Waals surface area contributed by atoms with Gasteiger partial charge in [0.1, 0.15) is 5.82 Å². The van der Waals surface area contributed by atoms with Crippen molar-refractivity contribution in [3.8, 4) is 0 Å². The molecular formula is C11H7Cl2FO4. The molecule has 0 aliphatic rings. The third-order valence-corrected chi connectivity index (χ3v) is 2.65. The molecule has 0 fully saturated rings. The lowest BCUT2D eigenvalue weighted by atomic mass is 10.1. The molecule has 0 spiro atoms. The molecular weight excluding hydrogens is 286 g/mol. The molecule has 0 aromatic heterocycles. The Labute approximate surface area is 112 Å². The summed E-state index contributed by atoms with van der Waals surface area (Å²) in [5, 5.41) is -0.333. The highest BCUT2D eigenvalue weighted by Crippen LogP contribution is 2.25. The number of hydrogen-bond donors (Lipinski definition) is 0. The maximum absolute atomic E-state index is 13.2. The van der Waals surface area contributed by atoms with Gasteiger partial charge in [0, 0.05) is 5.56 Å². The van der Waals surface area contributed by atoms with Crippen molar-refractivity contribution >= 4 is 40.7 Å². The summed E-state index contributed by atoms with van der Waals surface area (Å²) >= 11 is 11.2. The van der Waals surface area contributed by atoms with E-state index in [4.69, 9.17) is 23.2 Å². The lowest BCUT2D eigenvalue weighted by Gasteiger charge is -2.04. The molecule has 0 heterocycles. The standard InChI is InChI=1S/C11H7Cl2FO4/c1-18-11(17)10(16)4-9(15)5-2-8(14)7(13)3-6(5)12/h2-3H,4H2,1H3. The number of Topliss-reactive ketones (excluding diaryl/α,β-unsaturated/α-hetero) is 2. The van der Waals surface area contributed by atoms with Crippen molar-refractivity contribution in [3.63, 3.8) is 0 Å². The predicted octanol–water partition coefficient (Wildman–Crippen LogP) is 2.45. The minimum atomic E-state index is -1.14. The fourth-order valence-corrected chi connectivity index (χ4v) is 1.65. The first-order valence-electron chi connectivity index (χ1n) is 4.65. The molecule has 96 valence electrons. The Kier molecular flexibility index (Phi) is 4.81. The molecule has 1 aromatic rings. The summed E-state index contributed by atoms with van der Waals surface area (Å²) in [6.07, 6.45) is -0.743. The molecule has 0 N–H and O–H groups in total. The van der Waals surface area contributed by atoms with E-state index in [9.17, 15) is 18.8 Å². The number of carbonyl (C=O) groups is 3. The molecule has 0 saturated heterocycles. The number of hydrogen-bond acceptors (Lipinski definition) is 4. The summed E-state index contributed by atoms with van der Waals surface area (Å²) in [4.78, 5) is 33.6. The van der Waals surface area contributed by atoms with Crippen LogP contribution < -0.4 is 0 Å². The molecule has 0 aliphatic heterocycles. The maximum atomic E-state index is 13.2. The summed E-state index contributed by atoms with van der Waals surface area (Å²) in [7, 11) is 1.01. The molecule has 0 bridgehead atoms. The molecule has 0 atom stereocenters. The molecule has 4 nitrogen and oxygen atoms in total. The van der Waals surface area contributed by atoms with Gasteiger partial charge in [-0.2, -0.15) is 0 Å². The van der Waals surface area contributed by atoms with E-state index in [1.165, 1.54) is 0 Å².